The number of hydrogen-bond acceptors (Lipinski definition) is 4. The van der Waals surface area contributed by atoms with Gasteiger partial charge in [-0.3, -0.25) is 5.32 Å². The lowest BCUT2D eigenvalue weighted by Crippen LogP contribution is -2.45. The van der Waals surface area contributed by atoms with Gasteiger partial charge in [0.1, 0.15) is 12.7 Å². The topological polar surface area (TPSA) is 59.6 Å². The van der Waals surface area contributed by atoms with Crippen molar-refractivity contribution in [2.24, 2.45) is 0 Å². The van der Waals surface area contributed by atoms with Crippen LogP contribution in [0.4, 0.5) is 10.5 Å². The molecule has 1 amide bonds. The molecular weight excluding hydrogens is 232 g/mol. The van der Waals surface area contributed by atoms with Crippen molar-refractivity contribution in [3.63, 3.8) is 0 Å². The minimum Gasteiger partial charge on any atom is -0.446 e. The number of carbonyl (C=O) groups excluding carboxylic acids is 1. The summed E-state index contributed by atoms with van der Waals surface area (Å²) < 4.78 is 10.7. The molecule has 5 heteroatoms. The Morgan fingerprint density at radius 1 is 1.44 bits per heavy atom. The van der Waals surface area contributed by atoms with Crippen LogP contribution in [-0.4, -0.2) is 38.0 Å². The molecule has 0 saturated carbocycles. The lowest BCUT2D eigenvalue weighted by Gasteiger charge is -2.28. The lowest BCUT2D eigenvalue weighted by atomic mass is 10.2. The SMILES string of the molecule is CC1CNCC(COC(=O)Nc2ccccc2)O1. The zero-order valence-corrected chi connectivity index (χ0v) is 10.4. The third kappa shape index (κ3) is 4.01. The summed E-state index contributed by atoms with van der Waals surface area (Å²) in [6, 6.07) is 9.21. The predicted octanol–water partition coefficient (Wildman–Crippen LogP) is 1.61. The van der Waals surface area contributed by atoms with E-state index in [1.165, 1.54) is 0 Å². The number of carbonyl (C=O) groups is 1. The van der Waals surface area contributed by atoms with Crippen molar-refractivity contribution in [2.45, 2.75) is 19.1 Å². The van der Waals surface area contributed by atoms with Crippen LogP contribution in [0.2, 0.25) is 0 Å². The smallest absolute Gasteiger partial charge is 0.411 e. The molecule has 1 aromatic carbocycles. The molecule has 0 radical (unpaired) electrons. The molecule has 18 heavy (non-hydrogen) atoms. The van der Waals surface area contributed by atoms with Gasteiger partial charge in [0.2, 0.25) is 0 Å². The van der Waals surface area contributed by atoms with Crippen LogP contribution in [0.25, 0.3) is 0 Å². The number of amides is 1. The third-order valence-corrected chi connectivity index (χ3v) is 2.65. The van der Waals surface area contributed by atoms with E-state index in [4.69, 9.17) is 9.47 Å². The maximum absolute atomic E-state index is 11.5. The van der Waals surface area contributed by atoms with Gasteiger partial charge in [0, 0.05) is 18.8 Å². The average Bonchev–Trinajstić information content (AvgIpc) is 2.38. The molecule has 1 aliphatic heterocycles. The number of morpholine rings is 1. The predicted molar refractivity (Wildman–Crippen MR) is 68.6 cm³/mol. The second-order valence-electron chi connectivity index (χ2n) is 4.32. The van der Waals surface area contributed by atoms with E-state index in [2.05, 4.69) is 10.6 Å². The molecule has 0 aliphatic carbocycles. The summed E-state index contributed by atoms with van der Waals surface area (Å²) in [5, 5.41) is 5.88. The molecule has 1 saturated heterocycles. The van der Waals surface area contributed by atoms with Crippen LogP contribution in [0.15, 0.2) is 30.3 Å². The van der Waals surface area contributed by atoms with Crippen molar-refractivity contribution in [3.05, 3.63) is 30.3 Å². The van der Waals surface area contributed by atoms with E-state index in [1.54, 1.807) is 0 Å². The molecule has 2 atom stereocenters. The van der Waals surface area contributed by atoms with Gasteiger partial charge in [0.15, 0.2) is 0 Å². The molecule has 1 aromatic rings. The molecule has 98 valence electrons. The van der Waals surface area contributed by atoms with Crippen LogP contribution in [0.3, 0.4) is 0 Å². The number of hydrogen-bond donors (Lipinski definition) is 2. The zero-order valence-electron chi connectivity index (χ0n) is 10.4. The summed E-state index contributed by atoms with van der Waals surface area (Å²) in [6.07, 6.45) is -0.372. The van der Waals surface area contributed by atoms with E-state index in [1.807, 2.05) is 37.3 Å². The van der Waals surface area contributed by atoms with E-state index in [0.29, 0.717) is 6.54 Å². The Labute approximate surface area is 106 Å². The minimum absolute atomic E-state index is 0.0738. The first-order chi connectivity index (χ1) is 8.74. The highest BCUT2D eigenvalue weighted by molar-refractivity contribution is 5.84. The fourth-order valence-corrected chi connectivity index (χ4v) is 1.81. The van der Waals surface area contributed by atoms with Crippen LogP contribution in [0, 0.1) is 0 Å². The Morgan fingerprint density at radius 2 is 2.22 bits per heavy atom. The number of benzene rings is 1. The van der Waals surface area contributed by atoms with E-state index >= 15 is 0 Å². The first-order valence-electron chi connectivity index (χ1n) is 6.09. The molecule has 1 aliphatic rings. The monoisotopic (exact) mass is 250 g/mol. The summed E-state index contributed by atoms with van der Waals surface area (Å²) in [5.74, 6) is 0. The Morgan fingerprint density at radius 3 is 2.94 bits per heavy atom. The molecule has 1 heterocycles. The van der Waals surface area contributed by atoms with Crippen molar-refractivity contribution in [1.29, 1.82) is 0 Å². The van der Waals surface area contributed by atoms with Crippen LogP contribution >= 0.6 is 0 Å². The largest absolute Gasteiger partial charge is 0.446 e. The van der Waals surface area contributed by atoms with Crippen molar-refractivity contribution in [3.8, 4) is 0 Å². The molecule has 2 N–H and O–H groups in total. The maximum Gasteiger partial charge on any atom is 0.411 e. The Hall–Kier alpha value is -1.59. The summed E-state index contributed by atoms with van der Waals surface area (Å²) in [6.45, 7) is 3.80. The van der Waals surface area contributed by atoms with Crippen molar-refractivity contribution in [1.82, 2.24) is 5.32 Å². The van der Waals surface area contributed by atoms with E-state index in [-0.39, 0.29) is 18.8 Å². The summed E-state index contributed by atoms with van der Waals surface area (Å²) in [5.41, 5.74) is 0.721. The Bertz CT molecular complexity index is 383. The molecule has 0 bridgehead atoms. The van der Waals surface area contributed by atoms with Crippen molar-refractivity contribution >= 4 is 11.8 Å². The van der Waals surface area contributed by atoms with Crippen LogP contribution in [-0.2, 0) is 9.47 Å². The van der Waals surface area contributed by atoms with Gasteiger partial charge in [0.05, 0.1) is 6.10 Å². The van der Waals surface area contributed by atoms with E-state index in [0.717, 1.165) is 12.2 Å². The first kappa shape index (κ1) is 12.9. The Kier molecular flexibility index (Phi) is 4.55. The quantitative estimate of drug-likeness (QED) is 0.855. The fraction of sp³-hybridized carbons (Fsp3) is 0.462. The molecule has 0 aromatic heterocycles. The number of rotatable bonds is 3. The van der Waals surface area contributed by atoms with Gasteiger partial charge in [-0.05, 0) is 19.1 Å². The normalized spacial score (nSPS) is 23.4. The molecule has 2 unspecified atom stereocenters. The minimum atomic E-state index is -0.456. The van der Waals surface area contributed by atoms with Crippen LogP contribution < -0.4 is 10.6 Å². The average molecular weight is 250 g/mol. The summed E-state index contributed by atoms with van der Waals surface area (Å²) in [7, 11) is 0. The molecule has 5 nitrogen and oxygen atoms in total. The van der Waals surface area contributed by atoms with Crippen molar-refractivity contribution < 1.29 is 14.3 Å². The second-order valence-corrected chi connectivity index (χ2v) is 4.32. The lowest BCUT2D eigenvalue weighted by molar-refractivity contribution is -0.0533. The zero-order chi connectivity index (χ0) is 12.8. The van der Waals surface area contributed by atoms with E-state index in [9.17, 15) is 4.79 Å². The molecule has 2 rings (SSSR count). The van der Waals surface area contributed by atoms with Gasteiger partial charge >= 0.3 is 6.09 Å². The molecule has 1 fully saturated rings. The second kappa shape index (κ2) is 6.37. The highest BCUT2D eigenvalue weighted by Gasteiger charge is 2.20. The van der Waals surface area contributed by atoms with Crippen molar-refractivity contribution in [2.75, 3.05) is 25.0 Å². The van der Waals surface area contributed by atoms with Gasteiger partial charge < -0.3 is 14.8 Å². The van der Waals surface area contributed by atoms with Gasteiger partial charge in [-0.15, -0.1) is 0 Å². The standard InChI is InChI=1S/C13H18N2O3/c1-10-7-14-8-12(18-10)9-17-13(16)15-11-5-3-2-4-6-11/h2-6,10,12,14H,7-9H2,1H3,(H,15,16). The highest BCUT2D eigenvalue weighted by Crippen LogP contribution is 2.07. The fourth-order valence-electron chi connectivity index (χ4n) is 1.81. The van der Waals surface area contributed by atoms with Gasteiger partial charge in [0.25, 0.3) is 0 Å². The van der Waals surface area contributed by atoms with Gasteiger partial charge in [-0.25, -0.2) is 4.79 Å². The maximum atomic E-state index is 11.5. The number of ether oxygens (including phenoxy) is 2. The number of para-hydroxylation sites is 1. The molecular formula is C13H18N2O3. The highest BCUT2D eigenvalue weighted by atomic mass is 16.6. The first-order valence-corrected chi connectivity index (χ1v) is 6.09. The third-order valence-electron chi connectivity index (χ3n) is 2.65. The van der Waals surface area contributed by atoms with Gasteiger partial charge in [-0.1, -0.05) is 18.2 Å². The summed E-state index contributed by atoms with van der Waals surface area (Å²) in [4.78, 5) is 11.5. The molecule has 0 spiro atoms. The number of nitrogens with one attached hydrogen (secondary N) is 2. The van der Waals surface area contributed by atoms with Gasteiger partial charge in [-0.2, -0.15) is 0 Å². The number of anilines is 1. The summed E-state index contributed by atoms with van der Waals surface area (Å²) >= 11 is 0. The van der Waals surface area contributed by atoms with E-state index < -0.39 is 6.09 Å². The van der Waals surface area contributed by atoms with Crippen LogP contribution in [0.5, 0.6) is 0 Å². The van der Waals surface area contributed by atoms with Crippen LogP contribution in [0.1, 0.15) is 6.92 Å². The Balaban J connectivity index is 1.71.